The summed E-state index contributed by atoms with van der Waals surface area (Å²) in [7, 11) is -1.80. The van der Waals surface area contributed by atoms with Crippen LogP contribution in [0.1, 0.15) is 31.9 Å². The van der Waals surface area contributed by atoms with Crippen molar-refractivity contribution in [2.45, 2.75) is 50.1 Å². The minimum Gasteiger partial charge on any atom is -0.326 e. The highest BCUT2D eigenvalue weighted by Gasteiger charge is 2.35. The number of nitrogens with two attached hydrogens (primary N) is 1. The number of hydrogen-bond acceptors (Lipinski definition) is 5. The lowest BCUT2D eigenvalue weighted by atomic mass is 10.00. The summed E-state index contributed by atoms with van der Waals surface area (Å²) in [6.45, 7) is 4.23. The highest BCUT2D eigenvalue weighted by molar-refractivity contribution is 7.89. The minimum atomic E-state index is -3.60. The van der Waals surface area contributed by atoms with Crippen molar-refractivity contribution in [3.63, 3.8) is 0 Å². The number of aryl methyl sites for hydroxylation is 2. The van der Waals surface area contributed by atoms with Gasteiger partial charge in [-0.15, -0.1) is 12.4 Å². The predicted molar refractivity (Wildman–Crippen MR) is 95.7 cm³/mol. The van der Waals surface area contributed by atoms with Crippen LogP contribution in [0.4, 0.5) is 0 Å². The van der Waals surface area contributed by atoms with Gasteiger partial charge in [-0.1, -0.05) is 6.42 Å². The van der Waals surface area contributed by atoms with Gasteiger partial charge in [0.05, 0.1) is 5.69 Å². The van der Waals surface area contributed by atoms with Crippen molar-refractivity contribution in [2.75, 3.05) is 6.54 Å². The Morgan fingerprint density at radius 2 is 2.08 bits per heavy atom. The molecule has 7 nitrogen and oxygen atoms in total. The van der Waals surface area contributed by atoms with Gasteiger partial charge >= 0.3 is 0 Å². The van der Waals surface area contributed by atoms with E-state index in [2.05, 4.69) is 10.1 Å². The zero-order valence-electron chi connectivity index (χ0n) is 14.1. The Kier molecular flexibility index (Phi) is 5.54. The number of nitrogens with zero attached hydrogens (tertiary/aromatic N) is 4. The van der Waals surface area contributed by atoms with Crippen molar-refractivity contribution in [1.82, 2.24) is 19.1 Å². The van der Waals surface area contributed by atoms with Crippen molar-refractivity contribution in [3.8, 4) is 0 Å². The fourth-order valence-corrected chi connectivity index (χ4v) is 5.07. The van der Waals surface area contributed by atoms with E-state index in [0.29, 0.717) is 12.2 Å². The molecule has 24 heavy (non-hydrogen) atoms. The van der Waals surface area contributed by atoms with E-state index >= 15 is 0 Å². The molecule has 2 atom stereocenters. The number of rotatable bonds is 3. The van der Waals surface area contributed by atoms with E-state index in [1.165, 1.54) is 6.20 Å². The largest absolute Gasteiger partial charge is 0.326 e. The molecular weight excluding hydrogens is 350 g/mol. The molecule has 1 saturated heterocycles. The van der Waals surface area contributed by atoms with Crippen LogP contribution in [0, 0.1) is 6.92 Å². The normalized spacial score (nSPS) is 20.8. The highest BCUT2D eigenvalue weighted by atomic mass is 35.5. The first-order chi connectivity index (χ1) is 10.8. The lowest BCUT2D eigenvalue weighted by Crippen LogP contribution is -2.51. The van der Waals surface area contributed by atoms with Crippen molar-refractivity contribution >= 4 is 33.5 Å². The van der Waals surface area contributed by atoms with Gasteiger partial charge in [0.25, 0.3) is 0 Å². The monoisotopic (exact) mass is 373 g/mol. The van der Waals surface area contributed by atoms with Gasteiger partial charge in [-0.3, -0.25) is 4.68 Å². The minimum absolute atomic E-state index is 0. The maximum atomic E-state index is 13.1. The average molecular weight is 374 g/mol. The summed E-state index contributed by atoms with van der Waals surface area (Å²) in [5.74, 6) is 0. The van der Waals surface area contributed by atoms with Gasteiger partial charge in [-0.05, 0) is 32.8 Å². The molecule has 134 valence electrons. The average Bonchev–Trinajstić information content (AvgIpc) is 2.81. The summed E-state index contributed by atoms with van der Waals surface area (Å²) >= 11 is 0. The van der Waals surface area contributed by atoms with Gasteiger partial charge in [-0.25, -0.2) is 13.4 Å². The van der Waals surface area contributed by atoms with Crippen LogP contribution < -0.4 is 5.73 Å². The number of halogens is 1. The van der Waals surface area contributed by atoms with Crippen LogP contribution in [0.25, 0.3) is 11.0 Å². The van der Waals surface area contributed by atoms with Crippen LogP contribution in [-0.4, -0.2) is 46.1 Å². The standard InChI is InChI=1S/C15H23N5O2S.ClH/c1-10(16)14-6-4-5-7-20(14)23(21,22)12-8-13-11(2)18-19(3)15(13)17-9-12;/h8-10,14H,4-7,16H2,1-3H3;1H. The number of hydrogen-bond donors (Lipinski definition) is 1. The molecule has 1 fully saturated rings. The van der Waals surface area contributed by atoms with Crippen LogP contribution in [0.3, 0.4) is 0 Å². The van der Waals surface area contributed by atoms with Crippen LogP contribution >= 0.6 is 12.4 Å². The molecule has 1 aliphatic heterocycles. The van der Waals surface area contributed by atoms with Crippen molar-refractivity contribution in [1.29, 1.82) is 0 Å². The maximum absolute atomic E-state index is 13.1. The smallest absolute Gasteiger partial charge is 0.244 e. The van der Waals surface area contributed by atoms with E-state index in [1.54, 1.807) is 22.1 Å². The third-order valence-electron chi connectivity index (χ3n) is 4.55. The van der Waals surface area contributed by atoms with Gasteiger partial charge in [0.1, 0.15) is 4.90 Å². The third kappa shape index (κ3) is 3.15. The Morgan fingerprint density at radius 3 is 2.75 bits per heavy atom. The summed E-state index contributed by atoms with van der Waals surface area (Å²) < 4.78 is 29.3. The Bertz CT molecular complexity index is 834. The van der Waals surface area contributed by atoms with Gasteiger partial charge in [0.15, 0.2) is 5.65 Å². The first kappa shape index (κ1) is 19.1. The van der Waals surface area contributed by atoms with E-state index in [0.717, 1.165) is 30.3 Å². The molecule has 0 saturated carbocycles. The van der Waals surface area contributed by atoms with E-state index in [1.807, 2.05) is 13.8 Å². The molecule has 3 rings (SSSR count). The third-order valence-corrected chi connectivity index (χ3v) is 6.44. The molecule has 9 heteroatoms. The van der Waals surface area contributed by atoms with Crippen LogP contribution in [0.5, 0.6) is 0 Å². The topological polar surface area (TPSA) is 94.1 Å². The SMILES string of the molecule is Cc1nn(C)c2ncc(S(=O)(=O)N3CCCCC3C(C)N)cc12.Cl. The molecule has 1 aliphatic rings. The number of fused-ring (bicyclic) bond motifs is 1. The molecule has 2 unspecified atom stereocenters. The Labute approximate surface area is 148 Å². The molecule has 2 N–H and O–H groups in total. The molecule has 3 heterocycles. The Morgan fingerprint density at radius 1 is 1.38 bits per heavy atom. The molecule has 0 aromatic carbocycles. The quantitative estimate of drug-likeness (QED) is 0.881. The molecule has 2 aromatic heterocycles. The van der Waals surface area contributed by atoms with Gasteiger partial charge < -0.3 is 5.73 Å². The lowest BCUT2D eigenvalue weighted by molar-refractivity contribution is 0.227. The molecule has 0 amide bonds. The molecule has 0 radical (unpaired) electrons. The van der Waals surface area contributed by atoms with E-state index < -0.39 is 10.0 Å². The molecule has 2 aromatic rings. The van der Waals surface area contributed by atoms with Crippen molar-refractivity contribution in [3.05, 3.63) is 18.0 Å². The molecular formula is C15H24ClN5O2S. The second kappa shape index (κ2) is 6.95. The lowest BCUT2D eigenvalue weighted by Gasteiger charge is -2.36. The summed E-state index contributed by atoms with van der Waals surface area (Å²) in [6, 6.07) is 1.33. The summed E-state index contributed by atoms with van der Waals surface area (Å²) in [4.78, 5) is 4.51. The Hall–Kier alpha value is -1.22. The van der Waals surface area contributed by atoms with Crippen LogP contribution in [0.15, 0.2) is 17.2 Å². The zero-order valence-corrected chi connectivity index (χ0v) is 15.8. The Balaban J connectivity index is 0.00000208. The maximum Gasteiger partial charge on any atom is 0.244 e. The van der Waals surface area contributed by atoms with Crippen LogP contribution in [-0.2, 0) is 17.1 Å². The second-order valence-electron chi connectivity index (χ2n) is 6.29. The molecule has 0 bridgehead atoms. The predicted octanol–water partition coefficient (Wildman–Crippen LogP) is 1.59. The van der Waals surface area contributed by atoms with E-state index in [-0.39, 0.29) is 29.4 Å². The fourth-order valence-electron chi connectivity index (χ4n) is 3.32. The second-order valence-corrected chi connectivity index (χ2v) is 8.18. The van der Waals surface area contributed by atoms with Crippen molar-refractivity contribution < 1.29 is 8.42 Å². The number of aromatic nitrogens is 3. The zero-order chi connectivity index (χ0) is 16.8. The summed E-state index contributed by atoms with van der Waals surface area (Å²) in [5, 5.41) is 5.06. The molecule has 0 spiro atoms. The van der Waals surface area contributed by atoms with Crippen molar-refractivity contribution in [2.24, 2.45) is 12.8 Å². The number of pyridine rings is 1. The first-order valence-electron chi connectivity index (χ1n) is 7.89. The van der Waals surface area contributed by atoms with Crippen LogP contribution in [0.2, 0.25) is 0 Å². The fraction of sp³-hybridized carbons (Fsp3) is 0.600. The van der Waals surface area contributed by atoms with Gasteiger partial charge in [-0.2, -0.15) is 9.40 Å². The van der Waals surface area contributed by atoms with Gasteiger partial charge in [0.2, 0.25) is 10.0 Å². The summed E-state index contributed by atoms with van der Waals surface area (Å²) in [5.41, 5.74) is 7.47. The number of sulfonamides is 1. The van der Waals surface area contributed by atoms with Gasteiger partial charge in [0, 0.05) is 37.3 Å². The summed E-state index contributed by atoms with van der Waals surface area (Å²) in [6.07, 6.45) is 4.10. The molecule has 0 aliphatic carbocycles. The van der Waals surface area contributed by atoms with E-state index in [9.17, 15) is 8.42 Å². The van der Waals surface area contributed by atoms with E-state index in [4.69, 9.17) is 5.73 Å². The number of piperidine rings is 1. The first-order valence-corrected chi connectivity index (χ1v) is 9.33. The highest BCUT2D eigenvalue weighted by Crippen LogP contribution is 2.28.